The molecule has 0 aliphatic rings. The quantitative estimate of drug-likeness (QED) is 0.521. The Hall–Kier alpha value is -0.260. The SMILES string of the molecule is CCC=C(CC)CC(C)CC. The van der Waals surface area contributed by atoms with Crippen LogP contribution in [0.3, 0.4) is 0 Å². The van der Waals surface area contributed by atoms with E-state index in [-0.39, 0.29) is 0 Å². The largest absolute Gasteiger partial charge is 0.0856 e. The van der Waals surface area contributed by atoms with E-state index < -0.39 is 0 Å². The summed E-state index contributed by atoms with van der Waals surface area (Å²) in [6, 6.07) is 0. The third-order valence-electron chi connectivity index (χ3n) is 2.25. The Balaban J connectivity index is 3.77. The second-order valence-corrected chi connectivity index (χ2v) is 3.34. The maximum absolute atomic E-state index is 2.38. The topological polar surface area (TPSA) is 0 Å². The van der Waals surface area contributed by atoms with Gasteiger partial charge < -0.3 is 0 Å². The average Bonchev–Trinajstić information content (AvgIpc) is 2.03. The molecule has 0 aromatic rings. The van der Waals surface area contributed by atoms with E-state index in [1.54, 1.807) is 5.57 Å². The van der Waals surface area contributed by atoms with Crippen molar-refractivity contribution in [1.29, 1.82) is 0 Å². The zero-order chi connectivity index (χ0) is 8.69. The highest BCUT2D eigenvalue weighted by Crippen LogP contribution is 2.17. The van der Waals surface area contributed by atoms with Crippen LogP contribution in [-0.4, -0.2) is 0 Å². The molecule has 0 aromatic carbocycles. The number of hydrogen-bond donors (Lipinski definition) is 0. The van der Waals surface area contributed by atoms with Crippen LogP contribution in [0.4, 0.5) is 0 Å². The number of hydrogen-bond acceptors (Lipinski definition) is 0. The highest BCUT2D eigenvalue weighted by Gasteiger charge is 2.00. The van der Waals surface area contributed by atoms with E-state index in [2.05, 4.69) is 33.8 Å². The van der Waals surface area contributed by atoms with Gasteiger partial charge >= 0.3 is 0 Å². The van der Waals surface area contributed by atoms with Gasteiger partial charge in [0.05, 0.1) is 0 Å². The van der Waals surface area contributed by atoms with E-state index in [0.717, 1.165) is 5.92 Å². The molecule has 0 saturated carbocycles. The van der Waals surface area contributed by atoms with E-state index in [1.165, 1.54) is 25.7 Å². The van der Waals surface area contributed by atoms with Gasteiger partial charge in [-0.2, -0.15) is 0 Å². The molecule has 0 aliphatic carbocycles. The third-order valence-corrected chi connectivity index (χ3v) is 2.25. The van der Waals surface area contributed by atoms with Gasteiger partial charge in [-0.15, -0.1) is 0 Å². The Morgan fingerprint density at radius 3 is 2.27 bits per heavy atom. The monoisotopic (exact) mass is 154 g/mol. The van der Waals surface area contributed by atoms with Crippen molar-refractivity contribution in [3.63, 3.8) is 0 Å². The lowest BCUT2D eigenvalue weighted by atomic mass is 9.97. The fraction of sp³-hybridized carbons (Fsp3) is 0.818. The molecule has 0 saturated heterocycles. The van der Waals surface area contributed by atoms with Crippen molar-refractivity contribution < 1.29 is 0 Å². The van der Waals surface area contributed by atoms with E-state index in [1.807, 2.05) is 0 Å². The molecule has 1 unspecified atom stereocenters. The van der Waals surface area contributed by atoms with Gasteiger partial charge in [-0.1, -0.05) is 45.8 Å². The molecule has 0 heterocycles. The molecule has 0 spiro atoms. The molecule has 0 N–H and O–H groups in total. The summed E-state index contributed by atoms with van der Waals surface area (Å²) >= 11 is 0. The predicted molar refractivity (Wildman–Crippen MR) is 52.7 cm³/mol. The van der Waals surface area contributed by atoms with E-state index in [0.29, 0.717) is 0 Å². The van der Waals surface area contributed by atoms with Crippen LogP contribution in [0.2, 0.25) is 0 Å². The molecule has 0 aromatic heterocycles. The van der Waals surface area contributed by atoms with Crippen LogP contribution in [0.15, 0.2) is 11.6 Å². The van der Waals surface area contributed by atoms with Crippen molar-refractivity contribution in [2.24, 2.45) is 5.92 Å². The van der Waals surface area contributed by atoms with Gasteiger partial charge in [-0.05, 0) is 25.2 Å². The summed E-state index contributed by atoms with van der Waals surface area (Å²) in [4.78, 5) is 0. The van der Waals surface area contributed by atoms with Crippen molar-refractivity contribution in [1.82, 2.24) is 0 Å². The molecule has 0 fully saturated rings. The molecule has 0 nitrogen and oxygen atoms in total. The molecule has 0 amide bonds. The standard InChI is InChI=1S/C11H22/c1-5-8-11(7-3)9-10(4)6-2/h8,10H,5-7,9H2,1-4H3. The molecule has 0 bridgehead atoms. The Kier molecular flexibility index (Phi) is 6.30. The van der Waals surface area contributed by atoms with Crippen molar-refractivity contribution in [2.75, 3.05) is 0 Å². The lowest BCUT2D eigenvalue weighted by Gasteiger charge is -2.10. The first-order valence-electron chi connectivity index (χ1n) is 4.92. The summed E-state index contributed by atoms with van der Waals surface area (Å²) in [7, 11) is 0. The second kappa shape index (κ2) is 6.45. The van der Waals surface area contributed by atoms with Gasteiger partial charge in [0.25, 0.3) is 0 Å². The number of allylic oxidation sites excluding steroid dienone is 2. The second-order valence-electron chi connectivity index (χ2n) is 3.34. The molecule has 0 aliphatic heterocycles. The summed E-state index contributed by atoms with van der Waals surface area (Å²) in [5, 5.41) is 0. The lowest BCUT2D eigenvalue weighted by Crippen LogP contribution is -1.94. The highest BCUT2D eigenvalue weighted by atomic mass is 14.1. The van der Waals surface area contributed by atoms with Gasteiger partial charge in [-0.3, -0.25) is 0 Å². The Labute approximate surface area is 71.7 Å². The Morgan fingerprint density at radius 1 is 1.27 bits per heavy atom. The molecular weight excluding hydrogens is 132 g/mol. The van der Waals surface area contributed by atoms with Gasteiger partial charge in [0.1, 0.15) is 0 Å². The molecule has 1 atom stereocenters. The maximum Gasteiger partial charge on any atom is -0.0295 e. The van der Waals surface area contributed by atoms with Crippen molar-refractivity contribution in [3.8, 4) is 0 Å². The third kappa shape index (κ3) is 5.06. The summed E-state index contributed by atoms with van der Waals surface area (Å²) in [6.45, 7) is 9.07. The van der Waals surface area contributed by atoms with E-state index in [4.69, 9.17) is 0 Å². The molecule has 0 rings (SSSR count). The van der Waals surface area contributed by atoms with E-state index in [9.17, 15) is 0 Å². The predicted octanol–water partition coefficient (Wildman–Crippen LogP) is 4.17. The van der Waals surface area contributed by atoms with Crippen LogP contribution in [0, 0.1) is 5.92 Å². The summed E-state index contributed by atoms with van der Waals surface area (Å²) in [5.41, 5.74) is 1.64. The first kappa shape index (κ1) is 10.7. The summed E-state index contributed by atoms with van der Waals surface area (Å²) in [6.07, 6.45) is 7.42. The van der Waals surface area contributed by atoms with Crippen LogP contribution < -0.4 is 0 Å². The molecule has 11 heavy (non-hydrogen) atoms. The first-order chi connectivity index (χ1) is 5.24. The maximum atomic E-state index is 2.38. The molecular formula is C11H22. The fourth-order valence-electron chi connectivity index (χ4n) is 1.25. The minimum absolute atomic E-state index is 0.868. The molecule has 66 valence electrons. The van der Waals surface area contributed by atoms with Gasteiger partial charge in [0.15, 0.2) is 0 Å². The zero-order valence-corrected chi connectivity index (χ0v) is 8.48. The minimum atomic E-state index is 0.868. The van der Waals surface area contributed by atoms with Gasteiger partial charge in [0, 0.05) is 0 Å². The summed E-state index contributed by atoms with van der Waals surface area (Å²) < 4.78 is 0. The van der Waals surface area contributed by atoms with Crippen LogP contribution in [0.5, 0.6) is 0 Å². The molecule has 0 radical (unpaired) electrons. The van der Waals surface area contributed by atoms with Crippen molar-refractivity contribution in [3.05, 3.63) is 11.6 Å². The lowest BCUT2D eigenvalue weighted by molar-refractivity contribution is 0.549. The van der Waals surface area contributed by atoms with Crippen LogP contribution in [-0.2, 0) is 0 Å². The van der Waals surface area contributed by atoms with Crippen molar-refractivity contribution in [2.45, 2.75) is 53.4 Å². The smallest absolute Gasteiger partial charge is 0.0295 e. The van der Waals surface area contributed by atoms with Gasteiger partial charge in [0.2, 0.25) is 0 Å². The summed E-state index contributed by atoms with van der Waals surface area (Å²) in [5.74, 6) is 0.868. The van der Waals surface area contributed by atoms with Crippen LogP contribution >= 0.6 is 0 Å². The Bertz CT molecular complexity index is 111. The fourth-order valence-corrected chi connectivity index (χ4v) is 1.25. The first-order valence-corrected chi connectivity index (χ1v) is 4.92. The highest BCUT2D eigenvalue weighted by molar-refractivity contribution is 5.01. The normalized spacial score (nSPS) is 15.1. The average molecular weight is 154 g/mol. The molecule has 0 heteroatoms. The number of rotatable bonds is 5. The van der Waals surface area contributed by atoms with E-state index >= 15 is 0 Å². The zero-order valence-electron chi connectivity index (χ0n) is 8.48. The van der Waals surface area contributed by atoms with Crippen LogP contribution in [0.25, 0.3) is 0 Å². The van der Waals surface area contributed by atoms with Gasteiger partial charge in [-0.25, -0.2) is 0 Å². The minimum Gasteiger partial charge on any atom is -0.0856 e. The van der Waals surface area contributed by atoms with Crippen LogP contribution in [0.1, 0.15) is 53.4 Å². The van der Waals surface area contributed by atoms with Crippen molar-refractivity contribution >= 4 is 0 Å². The Morgan fingerprint density at radius 2 is 1.91 bits per heavy atom.